The van der Waals surface area contributed by atoms with Gasteiger partial charge in [0, 0.05) is 11.1 Å². The van der Waals surface area contributed by atoms with E-state index in [1.54, 1.807) is 24.3 Å². The molecule has 2 aromatic heterocycles. The minimum absolute atomic E-state index is 0.188. The SMILES string of the molecule is O=C(Nc1nnc(SCc2ccccc2F)s1)c1cc2cccc(Br)c2o1. The number of nitrogens with one attached hydrogen (secondary N) is 1. The molecule has 1 amide bonds. The molecular formula is C18H11BrFN3O2S2. The van der Waals surface area contributed by atoms with E-state index in [1.807, 2.05) is 18.2 Å². The van der Waals surface area contributed by atoms with Gasteiger partial charge in [-0.2, -0.15) is 0 Å². The minimum atomic E-state index is -0.403. The largest absolute Gasteiger partial charge is 0.450 e. The maximum Gasteiger partial charge on any atom is 0.293 e. The maximum absolute atomic E-state index is 13.7. The van der Waals surface area contributed by atoms with Gasteiger partial charge in [-0.1, -0.05) is 53.4 Å². The fourth-order valence-electron chi connectivity index (χ4n) is 2.37. The number of aromatic nitrogens is 2. The van der Waals surface area contributed by atoms with Crippen LogP contribution in [-0.4, -0.2) is 16.1 Å². The zero-order valence-corrected chi connectivity index (χ0v) is 16.8. The summed E-state index contributed by atoms with van der Waals surface area (Å²) in [4.78, 5) is 12.4. The van der Waals surface area contributed by atoms with Gasteiger partial charge in [-0.05, 0) is 39.7 Å². The van der Waals surface area contributed by atoms with E-state index in [4.69, 9.17) is 4.42 Å². The van der Waals surface area contributed by atoms with Gasteiger partial charge in [0.05, 0.1) is 4.47 Å². The lowest BCUT2D eigenvalue weighted by Gasteiger charge is -1.99. The van der Waals surface area contributed by atoms with E-state index in [2.05, 4.69) is 31.4 Å². The van der Waals surface area contributed by atoms with Crippen molar-refractivity contribution in [3.8, 4) is 0 Å². The second-order valence-corrected chi connectivity index (χ2v) is 8.53. The number of rotatable bonds is 5. The molecule has 5 nitrogen and oxygen atoms in total. The van der Waals surface area contributed by atoms with Crippen molar-refractivity contribution in [2.24, 2.45) is 0 Å². The van der Waals surface area contributed by atoms with Crippen LogP contribution in [0.2, 0.25) is 0 Å². The van der Waals surface area contributed by atoms with Crippen LogP contribution in [0.3, 0.4) is 0 Å². The summed E-state index contributed by atoms with van der Waals surface area (Å²) >= 11 is 5.98. The number of anilines is 1. The normalized spacial score (nSPS) is 11.0. The number of hydrogen-bond acceptors (Lipinski definition) is 6. The number of thioether (sulfide) groups is 1. The van der Waals surface area contributed by atoms with Gasteiger partial charge in [-0.15, -0.1) is 10.2 Å². The van der Waals surface area contributed by atoms with Crippen molar-refractivity contribution in [2.45, 2.75) is 10.1 Å². The van der Waals surface area contributed by atoms with Crippen LogP contribution in [0.1, 0.15) is 16.1 Å². The van der Waals surface area contributed by atoms with Crippen molar-refractivity contribution >= 4 is 61.0 Å². The molecule has 4 rings (SSSR count). The van der Waals surface area contributed by atoms with Gasteiger partial charge in [0.15, 0.2) is 10.1 Å². The van der Waals surface area contributed by atoms with Gasteiger partial charge in [-0.3, -0.25) is 10.1 Å². The van der Waals surface area contributed by atoms with Crippen LogP contribution in [0.4, 0.5) is 9.52 Å². The smallest absolute Gasteiger partial charge is 0.293 e. The number of carbonyl (C=O) groups excluding carboxylic acids is 1. The number of nitrogens with zero attached hydrogens (tertiary/aromatic N) is 2. The standard InChI is InChI=1S/C18H11BrFN3O2S2/c19-12-6-3-5-10-8-14(25-15(10)12)16(24)21-17-22-23-18(27-17)26-9-11-4-1-2-7-13(11)20/h1-8H,9H2,(H,21,22,24). The molecule has 0 aliphatic rings. The third kappa shape index (κ3) is 4.05. The molecule has 0 saturated carbocycles. The van der Waals surface area contributed by atoms with Crippen LogP contribution in [0.25, 0.3) is 11.0 Å². The number of benzene rings is 2. The summed E-state index contributed by atoms with van der Waals surface area (Å²) in [7, 11) is 0. The summed E-state index contributed by atoms with van der Waals surface area (Å²) < 4.78 is 20.7. The quantitative estimate of drug-likeness (QED) is 0.302. The number of amides is 1. The first-order chi connectivity index (χ1) is 13.1. The molecule has 4 aromatic rings. The van der Waals surface area contributed by atoms with E-state index in [0.29, 0.717) is 26.4 Å². The van der Waals surface area contributed by atoms with E-state index in [9.17, 15) is 9.18 Å². The van der Waals surface area contributed by atoms with E-state index in [-0.39, 0.29) is 11.6 Å². The molecule has 27 heavy (non-hydrogen) atoms. The predicted octanol–water partition coefficient (Wildman–Crippen LogP) is 5.73. The molecule has 0 spiro atoms. The molecule has 0 atom stereocenters. The molecule has 0 unspecified atom stereocenters. The number of hydrogen-bond donors (Lipinski definition) is 1. The second kappa shape index (κ2) is 7.79. The van der Waals surface area contributed by atoms with Gasteiger partial charge in [0.2, 0.25) is 5.13 Å². The Balaban J connectivity index is 1.43. The fourth-order valence-corrected chi connectivity index (χ4v) is 4.57. The van der Waals surface area contributed by atoms with Crippen molar-refractivity contribution in [3.63, 3.8) is 0 Å². The molecule has 136 valence electrons. The predicted molar refractivity (Wildman–Crippen MR) is 108 cm³/mol. The number of carbonyl (C=O) groups is 1. The topological polar surface area (TPSA) is 68.0 Å². The van der Waals surface area contributed by atoms with Crippen LogP contribution in [0.15, 0.2) is 61.8 Å². The fraction of sp³-hybridized carbons (Fsp3) is 0.0556. The van der Waals surface area contributed by atoms with E-state index < -0.39 is 5.91 Å². The Kier molecular flexibility index (Phi) is 5.24. The van der Waals surface area contributed by atoms with Gasteiger partial charge >= 0.3 is 0 Å². The molecule has 0 saturated heterocycles. The third-order valence-electron chi connectivity index (χ3n) is 3.66. The Morgan fingerprint density at radius 3 is 2.89 bits per heavy atom. The summed E-state index contributed by atoms with van der Waals surface area (Å²) in [6.07, 6.45) is 0. The first kappa shape index (κ1) is 18.1. The zero-order valence-electron chi connectivity index (χ0n) is 13.6. The lowest BCUT2D eigenvalue weighted by Crippen LogP contribution is -2.10. The lowest BCUT2D eigenvalue weighted by molar-refractivity contribution is 0.0998. The number of halogens is 2. The first-order valence-corrected chi connectivity index (χ1v) is 10.4. The Hall–Kier alpha value is -2.23. The first-order valence-electron chi connectivity index (χ1n) is 7.79. The summed E-state index contributed by atoms with van der Waals surface area (Å²) in [6.45, 7) is 0. The van der Waals surface area contributed by atoms with Gasteiger partial charge < -0.3 is 4.42 Å². The molecule has 0 bridgehead atoms. The lowest BCUT2D eigenvalue weighted by atomic mass is 10.2. The molecule has 9 heteroatoms. The number of furan rings is 1. The van der Waals surface area contributed by atoms with Crippen molar-refractivity contribution in [1.82, 2.24) is 10.2 Å². The van der Waals surface area contributed by atoms with Gasteiger partial charge in [0.1, 0.15) is 11.4 Å². The summed E-state index contributed by atoms with van der Waals surface area (Å²) in [5, 5.41) is 11.8. The Morgan fingerprint density at radius 2 is 2.07 bits per heavy atom. The number of fused-ring (bicyclic) bond motifs is 1. The Bertz CT molecular complexity index is 1130. The molecule has 1 N–H and O–H groups in total. The molecule has 0 aliphatic heterocycles. The zero-order chi connectivity index (χ0) is 18.8. The van der Waals surface area contributed by atoms with Crippen molar-refractivity contribution < 1.29 is 13.6 Å². The highest BCUT2D eigenvalue weighted by atomic mass is 79.9. The van der Waals surface area contributed by atoms with Crippen LogP contribution in [0, 0.1) is 5.82 Å². The molecular weight excluding hydrogens is 453 g/mol. The minimum Gasteiger partial charge on any atom is -0.450 e. The van der Waals surface area contributed by atoms with Crippen LogP contribution >= 0.6 is 39.0 Å². The van der Waals surface area contributed by atoms with E-state index in [0.717, 1.165) is 9.86 Å². The van der Waals surface area contributed by atoms with Gasteiger partial charge in [-0.25, -0.2) is 4.39 Å². The average Bonchev–Trinajstić information content (AvgIpc) is 3.29. The summed E-state index contributed by atoms with van der Waals surface area (Å²) in [5.74, 6) is -0.0287. The van der Waals surface area contributed by atoms with Crippen molar-refractivity contribution in [1.29, 1.82) is 0 Å². The number of para-hydroxylation sites is 1. The van der Waals surface area contributed by atoms with Crippen molar-refractivity contribution in [3.05, 3.63) is 70.1 Å². The molecule has 0 fully saturated rings. The van der Waals surface area contributed by atoms with Crippen LogP contribution in [-0.2, 0) is 5.75 Å². The van der Waals surface area contributed by atoms with E-state index in [1.165, 1.54) is 29.2 Å². The van der Waals surface area contributed by atoms with Crippen LogP contribution in [0.5, 0.6) is 0 Å². The molecule has 2 heterocycles. The third-order valence-corrected chi connectivity index (χ3v) is 6.30. The Labute approximate surface area is 170 Å². The summed E-state index contributed by atoms with van der Waals surface area (Å²) in [5.41, 5.74) is 1.21. The molecule has 0 aliphatic carbocycles. The van der Waals surface area contributed by atoms with Crippen molar-refractivity contribution in [2.75, 3.05) is 5.32 Å². The van der Waals surface area contributed by atoms with E-state index >= 15 is 0 Å². The average molecular weight is 464 g/mol. The highest BCUT2D eigenvalue weighted by molar-refractivity contribution is 9.10. The highest BCUT2D eigenvalue weighted by Gasteiger charge is 2.16. The molecule has 2 aromatic carbocycles. The summed E-state index contributed by atoms with van der Waals surface area (Å²) in [6, 6.07) is 13.8. The monoisotopic (exact) mass is 463 g/mol. The van der Waals surface area contributed by atoms with Gasteiger partial charge in [0.25, 0.3) is 5.91 Å². The maximum atomic E-state index is 13.7. The second-order valence-electron chi connectivity index (χ2n) is 5.48. The Morgan fingerprint density at radius 1 is 1.22 bits per heavy atom. The molecule has 0 radical (unpaired) electrons. The highest BCUT2D eigenvalue weighted by Crippen LogP contribution is 2.30. The van der Waals surface area contributed by atoms with Crippen LogP contribution < -0.4 is 5.32 Å².